The first-order valence-corrected chi connectivity index (χ1v) is 22.5. The standard InChI is InChI=1S/C41H54F4N6O9S/c1-21-29-20-51(30(21)34(52)49-40(19-25(40)33(42)43)37(54)50-61(56,57)24-14-15-24)36(53)32(39(2,3)4)48-38(55)60-28-12-7-6-10-22(28)11-8-9-17-41(44,45)31-35(59-29)47-27-18-23(58-5)13-16-26(27)46-31/h13,16,18,21-22,24-25,28-30,32-33H,6-12,14-15,17,19-20H2,1-5H3,(H,48,55)(H,49,52)(H,50,54)/t21-,22+,25+,28-,29+,30+,32-,40-/m1/s1. The van der Waals surface area contributed by atoms with E-state index in [9.17, 15) is 36.4 Å². The average molecular weight is 883 g/mol. The molecule has 2 aromatic rings. The van der Waals surface area contributed by atoms with E-state index in [0.717, 1.165) is 24.2 Å². The van der Waals surface area contributed by atoms with Crippen molar-refractivity contribution in [1.29, 1.82) is 0 Å². The molecular formula is C41H54F4N6O9S. The van der Waals surface area contributed by atoms with Crippen molar-refractivity contribution < 1.29 is 59.4 Å². The number of amides is 4. The van der Waals surface area contributed by atoms with E-state index in [1.165, 1.54) is 26.2 Å². The van der Waals surface area contributed by atoms with Crippen molar-refractivity contribution in [2.75, 3.05) is 13.7 Å². The van der Waals surface area contributed by atoms with Crippen LogP contribution in [0.25, 0.3) is 11.0 Å². The van der Waals surface area contributed by atoms with Gasteiger partial charge in [0.05, 0.1) is 35.9 Å². The monoisotopic (exact) mass is 882 g/mol. The van der Waals surface area contributed by atoms with Crippen LogP contribution in [0.4, 0.5) is 22.4 Å². The molecule has 3 saturated carbocycles. The van der Waals surface area contributed by atoms with Gasteiger partial charge in [-0.05, 0) is 74.8 Å². The Balaban J connectivity index is 1.29. The number of carbonyl (C=O) groups is 4. The minimum absolute atomic E-state index is 0.0948. The minimum atomic E-state index is -4.22. The maximum atomic E-state index is 16.5. The van der Waals surface area contributed by atoms with E-state index >= 15 is 8.78 Å². The number of hydrogen-bond acceptors (Lipinski definition) is 11. The van der Waals surface area contributed by atoms with Gasteiger partial charge in [0.2, 0.25) is 34.1 Å². The zero-order chi connectivity index (χ0) is 44.2. The first-order chi connectivity index (χ1) is 28.6. The summed E-state index contributed by atoms with van der Waals surface area (Å²) in [5.41, 5.74) is -3.82. The van der Waals surface area contributed by atoms with Crippen LogP contribution in [0, 0.1) is 23.2 Å². The molecule has 1 aromatic carbocycles. The molecule has 20 heteroatoms. The lowest BCUT2D eigenvalue weighted by atomic mass is 9.83. The Morgan fingerprint density at radius 1 is 0.984 bits per heavy atom. The predicted octanol–water partition coefficient (Wildman–Crippen LogP) is 5.35. The molecule has 336 valence electrons. The number of methoxy groups -OCH3 is 1. The fourth-order valence-corrected chi connectivity index (χ4v) is 10.3. The summed E-state index contributed by atoms with van der Waals surface area (Å²) in [6, 6.07) is 1.58. The number of nitrogens with one attached hydrogen (secondary N) is 3. The normalized spacial score (nSPS) is 31.0. The molecule has 8 atom stereocenters. The molecule has 7 rings (SSSR count). The molecule has 61 heavy (non-hydrogen) atoms. The molecule has 3 heterocycles. The van der Waals surface area contributed by atoms with Gasteiger partial charge in [-0.15, -0.1) is 0 Å². The van der Waals surface area contributed by atoms with Gasteiger partial charge in [0.25, 0.3) is 11.8 Å². The highest BCUT2D eigenvalue weighted by Crippen LogP contribution is 2.49. The van der Waals surface area contributed by atoms with Gasteiger partial charge in [-0.25, -0.2) is 32.0 Å². The third-order valence-corrected chi connectivity index (χ3v) is 14.7. The first kappa shape index (κ1) is 44.6. The van der Waals surface area contributed by atoms with Gasteiger partial charge in [-0.2, -0.15) is 8.78 Å². The molecule has 5 aliphatic rings. The second-order valence-corrected chi connectivity index (χ2v) is 20.3. The van der Waals surface area contributed by atoms with E-state index < -0.39 is 129 Å². The highest BCUT2D eigenvalue weighted by atomic mass is 32.2. The number of halogens is 4. The van der Waals surface area contributed by atoms with Gasteiger partial charge in [0.1, 0.15) is 35.6 Å². The summed E-state index contributed by atoms with van der Waals surface area (Å²) in [6.45, 7) is 6.08. The Bertz CT molecular complexity index is 2150. The SMILES string of the molecule is COc1ccc2nc3c(nc2c1)O[C@H]1CN(C(=O)[C@H](C(C)(C)C)NC(=O)O[C@@H]2CCCC[C@H]2CCCCC3(F)F)[C@H](C(=O)N[C@]2(C(=O)NS(=O)(=O)C3CC3)C[C@H]2C(F)F)[C@@H]1C. The first-order valence-electron chi connectivity index (χ1n) is 21.0. The fraction of sp³-hybridized carbons (Fsp3) is 0.707. The lowest BCUT2D eigenvalue weighted by molar-refractivity contribution is -0.143. The van der Waals surface area contributed by atoms with Crippen LogP contribution in [0.2, 0.25) is 0 Å². The van der Waals surface area contributed by atoms with E-state index in [1.807, 2.05) is 4.72 Å². The second kappa shape index (κ2) is 16.7. The average Bonchev–Trinajstić information content (AvgIpc) is 4.12. The molecule has 4 amide bonds. The van der Waals surface area contributed by atoms with Crippen LogP contribution in [-0.2, 0) is 35.1 Å². The summed E-state index contributed by atoms with van der Waals surface area (Å²) < 4.78 is 106. The number of nitrogens with zero attached hydrogens (tertiary/aromatic N) is 3. The van der Waals surface area contributed by atoms with E-state index in [0.29, 0.717) is 25.0 Å². The number of fused-ring (bicyclic) bond motifs is 5. The topological polar surface area (TPSA) is 195 Å². The maximum Gasteiger partial charge on any atom is 0.408 e. The number of rotatable bonds is 7. The van der Waals surface area contributed by atoms with Crippen LogP contribution < -0.4 is 24.8 Å². The number of aromatic nitrogens is 2. The summed E-state index contributed by atoms with van der Waals surface area (Å²) in [5, 5.41) is 4.22. The van der Waals surface area contributed by atoms with Crippen molar-refractivity contribution >= 4 is 44.9 Å². The Morgan fingerprint density at radius 3 is 2.31 bits per heavy atom. The van der Waals surface area contributed by atoms with Gasteiger partial charge in [0.15, 0.2) is 5.69 Å². The van der Waals surface area contributed by atoms with Crippen molar-refractivity contribution in [3.63, 3.8) is 0 Å². The smallest absolute Gasteiger partial charge is 0.408 e. The Hall–Kier alpha value is -4.49. The molecule has 1 aromatic heterocycles. The summed E-state index contributed by atoms with van der Waals surface area (Å²) >= 11 is 0. The number of sulfonamides is 1. The van der Waals surface area contributed by atoms with Crippen LogP contribution in [0.15, 0.2) is 18.2 Å². The number of alkyl carbamates (subject to hydrolysis) is 1. The number of ether oxygens (including phenoxy) is 3. The molecule has 0 unspecified atom stereocenters. The van der Waals surface area contributed by atoms with Gasteiger partial charge in [-0.1, -0.05) is 40.5 Å². The van der Waals surface area contributed by atoms with Gasteiger partial charge >= 0.3 is 6.09 Å². The maximum absolute atomic E-state index is 16.5. The Kier molecular flexibility index (Phi) is 12.2. The van der Waals surface area contributed by atoms with Crippen molar-refractivity contribution in [1.82, 2.24) is 30.2 Å². The lowest BCUT2D eigenvalue weighted by Crippen LogP contribution is -2.61. The summed E-state index contributed by atoms with van der Waals surface area (Å²) in [6.07, 6.45) is -2.51. The van der Waals surface area contributed by atoms with E-state index in [-0.39, 0.29) is 36.2 Å². The zero-order valence-electron chi connectivity index (χ0n) is 34.8. The molecule has 3 aliphatic carbocycles. The molecule has 4 fully saturated rings. The Morgan fingerprint density at radius 2 is 1.67 bits per heavy atom. The molecule has 0 spiro atoms. The third kappa shape index (κ3) is 9.19. The van der Waals surface area contributed by atoms with Gasteiger partial charge in [-0.3, -0.25) is 19.1 Å². The third-order valence-electron chi connectivity index (χ3n) is 12.9. The molecule has 15 nitrogen and oxygen atoms in total. The molecule has 3 N–H and O–H groups in total. The molecule has 1 saturated heterocycles. The predicted molar refractivity (Wildman–Crippen MR) is 211 cm³/mol. The summed E-state index contributed by atoms with van der Waals surface area (Å²) in [7, 11) is -2.80. The highest BCUT2D eigenvalue weighted by molar-refractivity contribution is 7.91. The zero-order valence-corrected chi connectivity index (χ0v) is 35.7. The van der Waals surface area contributed by atoms with E-state index in [1.54, 1.807) is 26.8 Å². The molecular weight excluding hydrogens is 829 g/mol. The summed E-state index contributed by atoms with van der Waals surface area (Å²) in [4.78, 5) is 66.5. The van der Waals surface area contributed by atoms with Crippen LogP contribution in [0.3, 0.4) is 0 Å². The molecule has 0 radical (unpaired) electrons. The van der Waals surface area contributed by atoms with Crippen molar-refractivity contribution in [2.24, 2.45) is 23.2 Å². The van der Waals surface area contributed by atoms with Crippen LogP contribution in [0.5, 0.6) is 11.6 Å². The van der Waals surface area contributed by atoms with Crippen molar-refractivity contribution in [3.8, 4) is 11.6 Å². The number of carbonyl (C=O) groups excluding carboxylic acids is 4. The fourth-order valence-electron chi connectivity index (χ4n) is 8.99. The highest BCUT2D eigenvalue weighted by Gasteiger charge is 2.67. The van der Waals surface area contributed by atoms with Crippen LogP contribution in [0.1, 0.15) is 104 Å². The number of hydrogen-bond donors (Lipinski definition) is 3. The lowest BCUT2D eigenvalue weighted by Gasteiger charge is -2.37. The number of alkyl halides is 4. The molecule has 2 bridgehead atoms. The molecule has 2 aliphatic heterocycles. The van der Waals surface area contributed by atoms with Gasteiger partial charge < -0.3 is 29.7 Å². The van der Waals surface area contributed by atoms with Crippen LogP contribution >= 0.6 is 0 Å². The number of benzene rings is 1. The second-order valence-electron chi connectivity index (χ2n) is 18.3. The summed E-state index contributed by atoms with van der Waals surface area (Å²) in [5.74, 6) is -9.95. The largest absolute Gasteiger partial charge is 0.497 e. The van der Waals surface area contributed by atoms with E-state index in [4.69, 9.17) is 14.2 Å². The Labute approximate surface area is 351 Å². The van der Waals surface area contributed by atoms with Gasteiger partial charge in [0, 0.05) is 18.4 Å². The van der Waals surface area contributed by atoms with Crippen molar-refractivity contribution in [3.05, 3.63) is 23.9 Å². The minimum Gasteiger partial charge on any atom is -0.497 e. The quantitative estimate of drug-likeness (QED) is 0.304. The van der Waals surface area contributed by atoms with E-state index in [2.05, 4.69) is 20.6 Å². The van der Waals surface area contributed by atoms with Crippen LogP contribution in [-0.4, -0.2) is 102 Å². The van der Waals surface area contributed by atoms with Crippen molar-refractivity contribution in [2.45, 2.75) is 146 Å².